The first-order valence-electron chi connectivity index (χ1n) is 18.1. The fourth-order valence-electron chi connectivity index (χ4n) is 5.98. The fourth-order valence-corrected chi connectivity index (χ4v) is 5.98. The Labute approximate surface area is 321 Å². The van der Waals surface area contributed by atoms with Crippen LogP contribution in [0.15, 0.2) is 35.3 Å². The number of benzene rings is 1. The number of carbonyl (C=O) groups excluding carboxylic acids is 6. The maximum absolute atomic E-state index is 13.9. The van der Waals surface area contributed by atoms with E-state index in [0.717, 1.165) is 0 Å². The van der Waals surface area contributed by atoms with E-state index < -0.39 is 109 Å². The number of nitrogens with two attached hydrogens (primary N) is 3. The lowest BCUT2D eigenvalue weighted by Gasteiger charge is -2.39. The van der Waals surface area contributed by atoms with Gasteiger partial charge in [0.05, 0.1) is 19.1 Å². The molecule has 0 aromatic heterocycles. The van der Waals surface area contributed by atoms with Gasteiger partial charge in [-0.3, -0.25) is 38.6 Å². The Morgan fingerprint density at radius 2 is 1.39 bits per heavy atom. The van der Waals surface area contributed by atoms with Crippen LogP contribution < -0.4 is 49.1 Å². The predicted octanol–water partition coefficient (Wildman–Crippen LogP) is -6.08. The van der Waals surface area contributed by atoms with Crippen LogP contribution in [-0.2, 0) is 44.7 Å². The Bertz CT molecular complexity index is 1560. The van der Waals surface area contributed by atoms with E-state index in [9.17, 15) is 54.0 Å². The Hall–Kier alpha value is -5.42. The van der Waals surface area contributed by atoms with E-state index in [0.29, 0.717) is 5.56 Å². The summed E-state index contributed by atoms with van der Waals surface area (Å²) in [5, 5.41) is 54.8. The van der Waals surface area contributed by atoms with E-state index in [1.807, 2.05) is 0 Å². The number of nitrogens with zero attached hydrogens (tertiary/aromatic N) is 1. The topological polar surface area (TPSA) is 372 Å². The molecule has 2 aliphatic rings. The van der Waals surface area contributed by atoms with Gasteiger partial charge in [-0.25, -0.2) is 0 Å². The van der Waals surface area contributed by atoms with Crippen LogP contribution >= 0.6 is 0 Å². The molecule has 22 nitrogen and oxygen atoms in total. The van der Waals surface area contributed by atoms with Gasteiger partial charge in [-0.05, 0) is 37.7 Å². The molecule has 0 bridgehead atoms. The smallest absolute Gasteiger partial charge is 0.305 e. The van der Waals surface area contributed by atoms with Crippen molar-refractivity contribution in [3.8, 4) is 0 Å². The monoisotopic (exact) mass is 792 g/mol. The van der Waals surface area contributed by atoms with Gasteiger partial charge in [0.2, 0.25) is 29.5 Å². The average molecular weight is 793 g/mol. The van der Waals surface area contributed by atoms with Crippen LogP contribution in [0.25, 0.3) is 0 Å². The van der Waals surface area contributed by atoms with Crippen LogP contribution in [0.2, 0.25) is 0 Å². The molecule has 2 aliphatic heterocycles. The second-order valence-electron chi connectivity index (χ2n) is 13.3. The summed E-state index contributed by atoms with van der Waals surface area (Å²) in [6.45, 7) is -0.822. The fraction of sp³-hybridized carbons (Fsp3) is 0.588. The number of unbranched alkanes of at least 4 members (excludes halogenated alkanes) is 1. The van der Waals surface area contributed by atoms with Crippen molar-refractivity contribution in [1.82, 2.24) is 31.9 Å². The minimum absolute atomic E-state index is 0.00581. The number of ether oxygens (including phenoxy) is 1. The molecule has 9 atom stereocenters. The maximum atomic E-state index is 13.9. The summed E-state index contributed by atoms with van der Waals surface area (Å²) in [5.74, 6) is -6.75. The number of aliphatic hydroxyl groups is 3. The number of amides is 6. The lowest BCUT2D eigenvalue weighted by Crippen LogP contribution is -2.62. The average Bonchev–Trinajstić information content (AvgIpc) is 3.15. The Morgan fingerprint density at radius 1 is 0.786 bits per heavy atom. The minimum Gasteiger partial charge on any atom is -0.481 e. The quantitative estimate of drug-likeness (QED) is 0.0447. The molecule has 0 saturated carbocycles. The highest BCUT2D eigenvalue weighted by Crippen LogP contribution is 2.21. The van der Waals surface area contributed by atoms with E-state index in [1.54, 1.807) is 30.3 Å². The van der Waals surface area contributed by atoms with E-state index in [-0.39, 0.29) is 64.1 Å². The third kappa shape index (κ3) is 14.0. The Morgan fingerprint density at radius 3 is 2.04 bits per heavy atom. The Kier molecular flexibility index (Phi) is 17.8. The van der Waals surface area contributed by atoms with Crippen LogP contribution in [0.1, 0.15) is 44.1 Å². The van der Waals surface area contributed by atoms with Crippen molar-refractivity contribution in [2.45, 2.75) is 99.6 Å². The normalized spacial score (nSPS) is 27.9. The molecule has 1 aromatic carbocycles. The summed E-state index contributed by atoms with van der Waals surface area (Å²) < 4.78 is 5.39. The standard InChI is InChI=1S/C34H52N10O12/c35-15-22-25(48)26(49)27(50)28(56-22)33(55)38-11-5-4-9-19-30(52)42-18(10-6-12-39-34(36)37)29(51)40-16-23(45)41-21(14-24(46)47)32(54)44-20(31(53)43-19)13-17-7-2-1-3-8-17/h1-3,7-8,18-22,25-28,48-50H,4-6,9-16,35H2,(H,38,55)(H,40,51)(H,41,45)(H,42,52)(H,43,53)(H,44,54)(H,46,47)(H4,36,37,39)/t18-,19-,20+,21-,22+,25+,26?,27-,28?/m0/s1. The van der Waals surface area contributed by atoms with Crippen LogP contribution in [0, 0.1) is 0 Å². The van der Waals surface area contributed by atoms with Crippen LogP contribution in [0.5, 0.6) is 0 Å². The number of carboxylic acid groups (broad SMARTS) is 1. The van der Waals surface area contributed by atoms with Gasteiger partial charge in [0.15, 0.2) is 12.1 Å². The van der Waals surface area contributed by atoms with E-state index in [2.05, 4.69) is 36.9 Å². The molecule has 3 rings (SSSR count). The third-order valence-electron chi connectivity index (χ3n) is 9.00. The summed E-state index contributed by atoms with van der Waals surface area (Å²) >= 11 is 0. The lowest BCUT2D eigenvalue weighted by molar-refractivity contribution is -0.217. The van der Waals surface area contributed by atoms with Crippen molar-refractivity contribution in [3.05, 3.63) is 35.9 Å². The van der Waals surface area contributed by atoms with E-state index in [1.165, 1.54) is 0 Å². The maximum Gasteiger partial charge on any atom is 0.305 e. The molecular weight excluding hydrogens is 740 g/mol. The van der Waals surface area contributed by atoms with Crippen molar-refractivity contribution in [2.75, 3.05) is 26.2 Å². The van der Waals surface area contributed by atoms with Crippen molar-refractivity contribution >= 4 is 47.4 Å². The van der Waals surface area contributed by atoms with Gasteiger partial charge in [-0.1, -0.05) is 30.3 Å². The molecule has 1 aromatic rings. The molecule has 0 radical (unpaired) electrons. The molecule has 22 heteroatoms. The number of nitrogens with one attached hydrogen (secondary N) is 6. The summed E-state index contributed by atoms with van der Waals surface area (Å²) in [6, 6.07) is 2.94. The number of hydrogen-bond acceptors (Lipinski definition) is 13. The zero-order valence-electron chi connectivity index (χ0n) is 30.6. The number of hydrogen-bond donors (Lipinski definition) is 13. The van der Waals surface area contributed by atoms with Crippen molar-refractivity contribution in [2.24, 2.45) is 22.2 Å². The number of rotatable bonds is 15. The zero-order valence-corrected chi connectivity index (χ0v) is 30.6. The number of guanidine groups is 1. The molecule has 2 saturated heterocycles. The molecule has 2 heterocycles. The van der Waals surface area contributed by atoms with Crippen molar-refractivity contribution in [1.29, 1.82) is 0 Å². The van der Waals surface area contributed by atoms with E-state index in [4.69, 9.17) is 21.9 Å². The molecule has 0 aliphatic carbocycles. The van der Waals surface area contributed by atoms with Crippen molar-refractivity contribution in [3.63, 3.8) is 0 Å². The first-order valence-corrected chi connectivity index (χ1v) is 18.1. The highest BCUT2D eigenvalue weighted by molar-refractivity contribution is 5.98. The molecule has 2 unspecified atom stereocenters. The number of carbonyl (C=O) groups is 7. The van der Waals surface area contributed by atoms with Gasteiger partial charge in [-0.15, -0.1) is 0 Å². The molecule has 310 valence electrons. The summed E-state index contributed by atoms with van der Waals surface area (Å²) in [6.07, 6.45) is -7.92. The number of aliphatic carboxylic acids is 1. The zero-order chi connectivity index (χ0) is 41.4. The van der Waals surface area contributed by atoms with Crippen molar-refractivity contribution < 1.29 is 58.7 Å². The minimum atomic E-state index is -1.73. The largest absolute Gasteiger partial charge is 0.481 e. The van der Waals surface area contributed by atoms with Gasteiger partial charge in [0.1, 0.15) is 42.5 Å². The molecule has 56 heavy (non-hydrogen) atoms. The first-order chi connectivity index (χ1) is 26.6. The van der Waals surface area contributed by atoms with Gasteiger partial charge in [-0.2, -0.15) is 0 Å². The van der Waals surface area contributed by atoms with Gasteiger partial charge >= 0.3 is 5.97 Å². The second-order valence-corrected chi connectivity index (χ2v) is 13.3. The molecular formula is C34H52N10O12. The SMILES string of the molecule is NC[C@H]1OC(C(=O)NCCCC[C@@H]2NC(=O)[C@@H](Cc3ccccc3)NC(=O)[C@H](CC(=O)O)NC(=O)CNC(=O)[C@H](CCCN=C(N)N)NC2=O)[C@@H](O)C(O)[C@@H]1O. The van der Waals surface area contributed by atoms with Gasteiger partial charge < -0.3 is 74.3 Å². The predicted molar refractivity (Wildman–Crippen MR) is 196 cm³/mol. The summed E-state index contributed by atoms with van der Waals surface area (Å²) in [7, 11) is 0. The summed E-state index contributed by atoms with van der Waals surface area (Å²) in [4.78, 5) is 95.4. The van der Waals surface area contributed by atoms with Gasteiger partial charge in [0, 0.05) is 26.1 Å². The van der Waals surface area contributed by atoms with E-state index >= 15 is 0 Å². The number of aliphatic imine (C=N–C) groups is 1. The Balaban J connectivity index is 1.84. The van der Waals surface area contributed by atoms with Crippen LogP contribution in [0.3, 0.4) is 0 Å². The lowest BCUT2D eigenvalue weighted by atomic mass is 9.94. The van der Waals surface area contributed by atoms with Crippen LogP contribution in [-0.4, -0.2) is 149 Å². The molecule has 6 amide bonds. The molecule has 16 N–H and O–H groups in total. The molecule has 0 spiro atoms. The number of carboxylic acids is 1. The van der Waals surface area contributed by atoms with Crippen LogP contribution in [0.4, 0.5) is 0 Å². The second kappa shape index (κ2) is 22.2. The molecule has 2 fully saturated rings. The highest BCUT2D eigenvalue weighted by Gasteiger charge is 2.46. The number of aliphatic hydroxyl groups excluding tert-OH is 3. The third-order valence-corrected chi connectivity index (χ3v) is 9.00. The summed E-state index contributed by atoms with van der Waals surface area (Å²) in [5.41, 5.74) is 16.9. The van der Waals surface area contributed by atoms with Gasteiger partial charge in [0.25, 0.3) is 5.91 Å². The first kappa shape index (κ1) is 45.0. The highest BCUT2D eigenvalue weighted by atomic mass is 16.5.